The minimum atomic E-state index is -4.95. The number of carbonyl (C=O) groups is 4. The first-order valence-corrected chi connectivity index (χ1v) is 36.4. The number of unbranched alkanes of at least 4 members (excludes halogenated alkanes) is 29. The molecule has 0 radical (unpaired) electrons. The van der Waals surface area contributed by atoms with Crippen LogP contribution in [0.2, 0.25) is 0 Å². The van der Waals surface area contributed by atoms with E-state index in [0.29, 0.717) is 31.6 Å². The van der Waals surface area contributed by atoms with Crippen molar-refractivity contribution in [3.05, 3.63) is 0 Å². The van der Waals surface area contributed by atoms with Crippen molar-refractivity contribution in [2.75, 3.05) is 39.6 Å². The van der Waals surface area contributed by atoms with Crippen molar-refractivity contribution in [2.24, 2.45) is 17.8 Å². The average molecular weight is 1230 g/mol. The summed E-state index contributed by atoms with van der Waals surface area (Å²) in [7, 11) is -9.89. The molecule has 6 atom stereocenters. The summed E-state index contributed by atoms with van der Waals surface area (Å²) in [5.41, 5.74) is 0. The van der Waals surface area contributed by atoms with E-state index in [1.165, 1.54) is 122 Å². The van der Waals surface area contributed by atoms with Gasteiger partial charge in [-0.3, -0.25) is 37.3 Å². The Morgan fingerprint density at radius 3 is 0.916 bits per heavy atom. The van der Waals surface area contributed by atoms with Crippen molar-refractivity contribution >= 4 is 39.5 Å². The summed E-state index contributed by atoms with van der Waals surface area (Å²) in [5.74, 6) is 0.0710. The molecule has 83 heavy (non-hydrogen) atoms. The van der Waals surface area contributed by atoms with Gasteiger partial charge in [0, 0.05) is 25.7 Å². The SMILES string of the molecule is CCCCCCCCCCCC(=O)OC[C@H](COP(=O)(O)OC[C@H](O)COP(=O)(O)OC[C@@H](COC(=O)CCCCCCCCCCC(C)CC)OC(=O)CCCCCCCCCCCC(C)C)OC(=O)CCCCCCCCCC(C)C. The molecule has 0 rings (SSSR count). The molecule has 0 bridgehead atoms. The number of hydrogen-bond donors (Lipinski definition) is 3. The number of phosphoric ester groups is 2. The fourth-order valence-corrected chi connectivity index (χ4v) is 11.0. The monoisotopic (exact) mass is 1230 g/mol. The number of rotatable bonds is 62. The molecule has 0 aromatic carbocycles. The Kier molecular flexibility index (Phi) is 54.1. The van der Waals surface area contributed by atoms with Gasteiger partial charge in [-0.05, 0) is 43.4 Å². The van der Waals surface area contributed by atoms with Gasteiger partial charge < -0.3 is 33.8 Å². The van der Waals surface area contributed by atoms with Crippen molar-refractivity contribution in [2.45, 2.75) is 330 Å². The Hall–Kier alpha value is -1.94. The lowest BCUT2D eigenvalue weighted by atomic mass is 9.99. The minimum Gasteiger partial charge on any atom is -0.462 e. The van der Waals surface area contributed by atoms with E-state index in [-0.39, 0.29) is 25.7 Å². The second-order valence-electron chi connectivity index (χ2n) is 24.3. The second kappa shape index (κ2) is 55.4. The van der Waals surface area contributed by atoms with Crippen molar-refractivity contribution in [3.63, 3.8) is 0 Å². The first-order chi connectivity index (χ1) is 39.8. The molecule has 19 heteroatoms. The van der Waals surface area contributed by atoms with Crippen molar-refractivity contribution in [1.82, 2.24) is 0 Å². The number of aliphatic hydroxyl groups excluding tert-OH is 1. The topological polar surface area (TPSA) is 237 Å². The molecule has 0 saturated carbocycles. The van der Waals surface area contributed by atoms with Gasteiger partial charge in [-0.25, -0.2) is 9.13 Å². The van der Waals surface area contributed by atoms with Gasteiger partial charge >= 0.3 is 39.5 Å². The van der Waals surface area contributed by atoms with E-state index in [0.717, 1.165) is 102 Å². The molecule has 0 aliphatic rings. The molecule has 0 aliphatic carbocycles. The molecule has 0 aromatic rings. The van der Waals surface area contributed by atoms with Gasteiger partial charge in [0.25, 0.3) is 0 Å². The van der Waals surface area contributed by atoms with Crippen LogP contribution >= 0.6 is 15.6 Å². The minimum absolute atomic E-state index is 0.103. The standard InChI is InChI=1S/C64H124O17P2/c1-8-10-11-12-13-15-24-31-38-45-61(66)74-52-60(81-64(69)48-41-34-27-20-22-29-36-43-56(5)6)54-79-83(72,73)77-50-58(65)49-76-82(70,71)78-53-59(80-63(68)47-40-33-26-17-14-16-21-28-35-42-55(3)4)51-75-62(67)46-39-32-25-19-18-23-30-37-44-57(7)9-2/h55-60,65H,8-54H2,1-7H3,(H,70,71)(H,72,73)/t57?,58-,59-,60-/m1/s1. The molecule has 0 spiro atoms. The maximum Gasteiger partial charge on any atom is 0.472 e. The third kappa shape index (κ3) is 57.6. The van der Waals surface area contributed by atoms with E-state index in [1.54, 1.807) is 0 Å². The summed E-state index contributed by atoms with van der Waals surface area (Å²) in [6, 6.07) is 0. The summed E-state index contributed by atoms with van der Waals surface area (Å²) in [5, 5.41) is 10.5. The fourth-order valence-electron chi connectivity index (χ4n) is 9.45. The molecular formula is C64H124O17P2. The maximum atomic E-state index is 13.0. The number of carbonyl (C=O) groups excluding carboxylic acids is 4. The highest BCUT2D eigenvalue weighted by Gasteiger charge is 2.30. The molecule has 492 valence electrons. The fraction of sp³-hybridized carbons (Fsp3) is 0.938. The molecule has 0 saturated heterocycles. The largest absolute Gasteiger partial charge is 0.472 e. The highest BCUT2D eigenvalue weighted by Crippen LogP contribution is 2.45. The van der Waals surface area contributed by atoms with E-state index in [9.17, 15) is 43.2 Å². The number of ether oxygens (including phenoxy) is 4. The summed E-state index contributed by atoms with van der Waals surface area (Å²) in [6.07, 6.45) is 36.2. The predicted octanol–water partition coefficient (Wildman–Crippen LogP) is 17.5. The lowest BCUT2D eigenvalue weighted by Crippen LogP contribution is -2.30. The molecule has 0 fully saturated rings. The van der Waals surface area contributed by atoms with Crippen LogP contribution in [-0.2, 0) is 65.4 Å². The third-order valence-electron chi connectivity index (χ3n) is 15.0. The van der Waals surface area contributed by atoms with Crippen LogP contribution in [0.15, 0.2) is 0 Å². The van der Waals surface area contributed by atoms with Crippen LogP contribution in [0.5, 0.6) is 0 Å². The van der Waals surface area contributed by atoms with Crippen LogP contribution in [0.3, 0.4) is 0 Å². The molecule has 0 amide bonds. The lowest BCUT2D eigenvalue weighted by Gasteiger charge is -2.21. The van der Waals surface area contributed by atoms with Gasteiger partial charge in [0.1, 0.15) is 19.3 Å². The zero-order valence-electron chi connectivity index (χ0n) is 53.6. The Labute approximate surface area is 505 Å². The maximum absolute atomic E-state index is 13.0. The van der Waals surface area contributed by atoms with Crippen LogP contribution in [0.25, 0.3) is 0 Å². The summed E-state index contributed by atoms with van der Waals surface area (Å²) in [4.78, 5) is 72.2. The molecule has 0 heterocycles. The van der Waals surface area contributed by atoms with Crippen LogP contribution in [0, 0.1) is 17.8 Å². The van der Waals surface area contributed by atoms with E-state index < -0.39 is 97.5 Å². The third-order valence-corrected chi connectivity index (χ3v) is 16.9. The van der Waals surface area contributed by atoms with Gasteiger partial charge in [0.15, 0.2) is 12.2 Å². The van der Waals surface area contributed by atoms with Gasteiger partial charge in [-0.2, -0.15) is 0 Å². The molecular weight excluding hydrogens is 1100 g/mol. The number of phosphoric acid groups is 2. The van der Waals surface area contributed by atoms with Crippen molar-refractivity contribution in [3.8, 4) is 0 Å². The van der Waals surface area contributed by atoms with Gasteiger partial charge in [0.05, 0.1) is 26.4 Å². The normalized spacial score (nSPS) is 14.7. The molecule has 17 nitrogen and oxygen atoms in total. The number of esters is 4. The van der Waals surface area contributed by atoms with E-state index >= 15 is 0 Å². The molecule has 0 aromatic heterocycles. The smallest absolute Gasteiger partial charge is 0.462 e. The van der Waals surface area contributed by atoms with Crippen molar-refractivity contribution < 1.29 is 80.2 Å². The molecule has 3 unspecified atom stereocenters. The van der Waals surface area contributed by atoms with Crippen molar-refractivity contribution in [1.29, 1.82) is 0 Å². The highest BCUT2D eigenvalue weighted by atomic mass is 31.2. The number of hydrogen-bond acceptors (Lipinski definition) is 15. The predicted molar refractivity (Wildman–Crippen MR) is 331 cm³/mol. The quantitative estimate of drug-likeness (QED) is 0.0222. The summed E-state index contributed by atoms with van der Waals surface area (Å²) < 4.78 is 68.0. The Morgan fingerprint density at radius 2 is 0.614 bits per heavy atom. The summed E-state index contributed by atoms with van der Waals surface area (Å²) >= 11 is 0. The van der Waals surface area contributed by atoms with Crippen LogP contribution in [0.4, 0.5) is 0 Å². The van der Waals surface area contributed by atoms with Crippen LogP contribution < -0.4 is 0 Å². The first kappa shape index (κ1) is 81.1. The zero-order chi connectivity index (χ0) is 61.7. The van der Waals surface area contributed by atoms with E-state index in [1.807, 2.05) is 0 Å². The Balaban J connectivity index is 5.25. The summed E-state index contributed by atoms with van der Waals surface area (Å²) in [6.45, 7) is 11.7. The lowest BCUT2D eigenvalue weighted by molar-refractivity contribution is -0.161. The van der Waals surface area contributed by atoms with Gasteiger partial charge in [-0.15, -0.1) is 0 Å². The Bertz CT molecular complexity index is 1650. The molecule has 3 N–H and O–H groups in total. The number of aliphatic hydroxyl groups is 1. The van der Waals surface area contributed by atoms with Crippen LogP contribution in [0.1, 0.15) is 312 Å². The second-order valence-corrected chi connectivity index (χ2v) is 27.3. The van der Waals surface area contributed by atoms with Gasteiger partial charge in [0.2, 0.25) is 0 Å². The zero-order valence-corrected chi connectivity index (χ0v) is 55.4. The highest BCUT2D eigenvalue weighted by molar-refractivity contribution is 7.47. The first-order valence-electron chi connectivity index (χ1n) is 33.4. The average Bonchev–Trinajstić information content (AvgIpc) is 3.45. The molecule has 0 aliphatic heterocycles. The van der Waals surface area contributed by atoms with Gasteiger partial charge in [-0.1, -0.05) is 260 Å². The Morgan fingerprint density at radius 1 is 0.349 bits per heavy atom. The van der Waals surface area contributed by atoms with E-state index in [2.05, 4.69) is 48.5 Å². The van der Waals surface area contributed by atoms with E-state index in [4.69, 9.17) is 37.0 Å². The van der Waals surface area contributed by atoms with Crippen LogP contribution in [-0.4, -0.2) is 96.7 Å².